The monoisotopic (exact) mass is 390 g/mol. The van der Waals surface area contributed by atoms with Gasteiger partial charge in [-0.2, -0.15) is 0 Å². The Balaban J connectivity index is 1.73. The first kappa shape index (κ1) is 18.9. The molecule has 7 nitrogen and oxygen atoms in total. The van der Waals surface area contributed by atoms with E-state index in [1.807, 2.05) is 25.1 Å². The summed E-state index contributed by atoms with van der Waals surface area (Å²) in [6.45, 7) is 3.07. The van der Waals surface area contributed by atoms with Gasteiger partial charge in [0.1, 0.15) is 17.8 Å². The molecule has 3 heterocycles. The van der Waals surface area contributed by atoms with E-state index in [1.165, 1.54) is 6.20 Å². The van der Waals surface area contributed by atoms with E-state index in [0.717, 1.165) is 18.5 Å². The molecule has 0 atom stereocenters. The number of likely N-dealkylation sites (tertiary alicyclic amines) is 1. The van der Waals surface area contributed by atoms with Gasteiger partial charge in [-0.25, -0.2) is 4.98 Å². The number of amides is 2. The summed E-state index contributed by atoms with van der Waals surface area (Å²) in [6.07, 6.45) is 3.35. The highest BCUT2D eigenvalue weighted by Crippen LogP contribution is 2.15. The van der Waals surface area contributed by atoms with Crippen molar-refractivity contribution in [3.63, 3.8) is 0 Å². The Morgan fingerprint density at radius 3 is 2.52 bits per heavy atom. The van der Waals surface area contributed by atoms with E-state index in [0.29, 0.717) is 29.8 Å². The minimum atomic E-state index is -0.343. The molecule has 0 unspecified atom stereocenters. The van der Waals surface area contributed by atoms with Gasteiger partial charge in [-0.05, 0) is 44.0 Å². The molecule has 7 heteroatoms. The Labute approximate surface area is 168 Å². The SMILES string of the molecule is Cc1ccc2c(=O)c(C(=O)N3CCCC3)cn(CC(=O)Nc3ccccc3)c2n1. The maximum atomic E-state index is 13.0. The first-order valence-electron chi connectivity index (χ1n) is 9.68. The molecular weight excluding hydrogens is 368 g/mol. The quantitative estimate of drug-likeness (QED) is 0.742. The van der Waals surface area contributed by atoms with Crippen molar-refractivity contribution in [1.82, 2.24) is 14.5 Å². The predicted molar refractivity (Wildman–Crippen MR) is 111 cm³/mol. The van der Waals surface area contributed by atoms with Gasteiger partial charge in [-0.1, -0.05) is 18.2 Å². The van der Waals surface area contributed by atoms with Crippen molar-refractivity contribution < 1.29 is 9.59 Å². The standard InChI is InChI=1S/C22H22N4O3/c1-15-9-10-17-20(28)18(22(29)25-11-5-6-12-25)13-26(21(17)23-15)14-19(27)24-16-7-3-2-4-8-16/h2-4,7-10,13H,5-6,11-12,14H2,1H3,(H,24,27). The van der Waals surface area contributed by atoms with Gasteiger partial charge >= 0.3 is 0 Å². The number of fused-ring (bicyclic) bond motifs is 1. The Hall–Kier alpha value is -3.48. The van der Waals surface area contributed by atoms with Crippen LogP contribution >= 0.6 is 0 Å². The number of carbonyl (C=O) groups excluding carboxylic acids is 2. The molecule has 0 spiro atoms. The van der Waals surface area contributed by atoms with Crippen molar-refractivity contribution in [2.75, 3.05) is 18.4 Å². The van der Waals surface area contributed by atoms with Crippen LogP contribution in [0.5, 0.6) is 0 Å². The van der Waals surface area contributed by atoms with Gasteiger partial charge in [0.2, 0.25) is 11.3 Å². The summed E-state index contributed by atoms with van der Waals surface area (Å²) in [4.78, 5) is 44.6. The second-order valence-electron chi connectivity index (χ2n) is 7.24. The molecule has 2 aromatic heterocycles. The van der Waals surface area contributed by atoms with Crippen LogP contribution in [0.1, 0.15) is 28.9 Å². The van der Waals surface area contributed by atoms with Crippen LogP contribution in [0.2, 0.25) is 0 Å². The van der Waals surface area contributed by atoms with Crippen molar-refractivity contribution in [1.29, 1.82) is 0 Å². The van der Waals surface area contributed by atoms with Crippen LogP contribution < -0.4 is 10.7 Å². The minimum absolute atomic E-state index is 0.0532. The lowest BCUT2D eigenvalue weighted by molar-refractivity contribution is -0.116. The van der Waals surface area contributed by atoms with Crippen LogP contribution in [0.15, 0.2) is 53.5 Å². The lowest BCUT2D eigenvalue weighted by atomic mass is 10.1. The van der Waals surface area contributed by atoms with E-state index in [4.69, 9.17) is 0 Å². The number of nitrogens with one attached hydrogen (secondary N) is 1. The Morgan fingerprint density at radius 2 is 1.79 bits per heavy atom. The number of anilines is 1. The van der Waals surface area contributed by atoms with Crippen LogP contribution in [0.3, 0.4) is 0 Å². The van der Waals surface area contributed by atoms with Gasteiger partial charge in [-0.15, -0.1) is 0 Å². The number of para-hydroxylation sites is 1. The highest BCUT2D eigenvalue weighted by atomic mass is 16.2. The van der Waals surface area contributed by atoms with Crippen LogP contribution in [0.25, 0.3) is 11.0 Å². The molecule has 0 saturated carbocycles. The van der Waals surface area contributed by atoms with Crippen molar-refractivity contribution in [3.8, 4) is 0 Å². The van der Waals surface area contributed by atoms with Crippen LogP contribution in [0, 0.1) is 6.92 Å². The molecular formula is C22H22N4O3. The zero-order valence-electron chi connectivity index (χ0n) is 16.2. The number of nitrogens with zero attached hydrogens (tertiary/aromatic N) is 3. The summed E-state index contributed by atoms with van der Waals surface area (Å²) < 4.78 is 1.59. The minimum Gasteiger partial charge on any atom is -0.338 e. The highest BCUT2D eigenvalue weighted by Gasteiger charge is 2.24. The summed E-state index contributed by atoms with van der Waals surface area (Å²) in [7, 11) is 0. The fraction of sp³-hybridized carbons (Fsp3) is 0.273. The second kappa shape index (κ2) is 7.87. The molecule has 0 radical (unpaired) electrons. The van der Waals surface area contributed by atoms with Crippen LogP contribution in [0.4, 0.5) is 5.69 Å². The van der Waals surface area contributed by atoms with Gasteiger partial charge in [0.15, 0.2) is 0 Å². The van der Waals surface area contributed by atoms with E-state index in [1.54, 1.807) is 33.7 Å². The zero-order valence-corrected chi connectivity index (χ0v) is 16.2. The van der Waals surface area contributed by atoms with Gasteiger partial charge in [0.05, 0.1) is 5.39 Å². The molecule has 1 saturated heterocycles. The molecule has 148 valence electrons. The molecule has 1 aromatic carbocycles. The van der Waals surface area contributed by atoms with Crippen molar-refractivity contribution >= 4 is 28.5 Å². The summed E-state index contributed by atoms with van der Waals surface area (Å²) in [6, 6.07) is 12.5. The Kier molecular flexibility index (Phi) is 5.12. The van der Waals surface area contributed by atoms with Gasteiger partial charge < -0.3 is 14.8 Å². The van der Waals surface area contributed by atoms with Crippen LogP contribution in [-0.2, 0) is 11.3 Å². The Bertz CT molecular complexity index is 1130. The van der Waals surface area contributed by atoms with Gasteiger partial charge in [-0.3, -0.25) is 14.4 Å². The summed E-state index contributed by atoms with van der Waals surface area (Å²) in [5, 5.41) is 3.17. The fourth-order valence-electron chi connectivity index (χ4n) is 3.60. The molecule has 29 heavy (non-hydrogen) atoms. The first-order chi connectivity index (χ1) is 14.0. The number of hydrogen-bond donors (Lipinski definition) is 1. The van der Waals surface area contributed by atoms with Gasteiger partial charge in [0, 0.05) is 30.7 Å². The second-order valence-corrected chi connectivity index (χ2v) is 7.24. The van der Waals surface area contributed by atoms with Crippen molar-refractivity contribution in [2.24, 2.45) is 0 Å². The third-order valence-corrected chi connectivity index (χ3v) is 5.06. The van der Waals surface area contributed by atoms with Crippen LogP contribution in [-0.4, -0.2) is 39.4 Å². The Morgan fingerprint density at radius 1 is 1.07 bits per heavy atom. The molecule has 0 bridgehead atoms. The first-order valence-corrected chi connectivity index (χ1v) is 9.68. The summed E-state index contributed by atoms with van der Waals surface area (Å²) in [5.74, 6) is -0.545. The normalized spacial score (nSPS) is 13.6. The lowest BCUT2D eigenvalue weighted by Crippen LogP contribution is -2.33. The van der Waals surface area contributed by atoms with E-state index >= 15 is 0 Å². The van der Waals surface area contributed by atoms with E-state index in [-0.39, 0.29) is 29.4 Å². The smallest absolute Gasteiger partial charge is 0.259 e. The maximum absolute atomic E-state index is 13.0. The lowest BCUT2D eigenvalue weighted by Gasteiger charge is -2.17. The molecule has 1 N–H and O–H groups in total. The molecule has 1 aliphatic rings. The van der Waals surface area contributed by atoms with E-state index in [2.05, 4.69) is 10.3 Å². The van der Waals surface area contributed by atoms with Gasteiger partial charge in [0.25, 0.3) is 5.91 Å². The number of pyridine rings is 2. The van der Waals surface area contributed by atoms with Crippen molar-refractivity contribution in [2.45, 2.75) is 26.3 Å². The molecule has 4 rings (SSSR count). The average Bonchev–Trinajstić information content (AvgIpc) is 3.25. The fourth-order valence-corrected chi connectivity index (χ4v) is 3.60. The topological polar surface area (TPSA) is 84.3 Å². The molecule has 3 aromatic rings. The number of carbonyl (C=O) groups is 2. The highest BCUT2D eigenvalue weighted by molar-refractivity contribution is 5.97. The molecule has 0 aliphatic carbocycles. The average molecular weight is 390 g/mol. The molecule has 2 amide bonds. The van der Waals surface area contributed by atoms with Crippen molar-refractivity contribution in [3.05, 3.63) is 70.1 Å². The molecule has 1 aliphatic heterocycles. The largest absolute Gasteiger partial charge is 0.338 e. The van der Waals surface area contributed by atoms with E-state index < -0.39 is 0 Å². The number of aryl methyl sites for hydroxylation is 1. The number of benzene rings is 1. The zero-order chi connectivity index (χ0) is 20.4. The predicted octanol–water partition coefficient (Wildman–Crippen LogP) is 2.58. The number of rotatable bonds is 4. The summed E-state index contributed by atoms with van der Waals surface area (Å²) >= 11 is 0. The third-order valence-electron chi connectivity index (χ3n) is 5.06. The van der Waals surface area contributed by atoms with E-state index in [9.17, 15) is 14.4 Å². The summed E-state index contributed by atoms with van der Waals surface area (Å²) in [5.41, 5.74) is 1.55. The molecule has 1 fully saturated rings. The maximum Gasteiger partial charge on any atom is 0.259 e. The number of aromatic nitrogens is 2. The number of hydrogen-bond acceptors (Lipinski definition) is 4. The third kappa shape index (κ3) is 3.89.